The van der Waals surface area contributed by atoms with Crippen LogP contribution < -0.4 is 5.84 Å². The van der Waals surface area contributed by atoms with Crippen LogP contribution in [0.1, 0.15) is 0 Å². The van der Waals surface area contributed by atoms with Gasteiger partial charge in [-0.25, -0.2) is 5.84 Å². The molecule has 1 fully saturated rings. The molecular formula is C7H15N5O. The van der Waals surface area contributed by atoms with Crippen LogP contribution in [0.15, 0.2) is 0 Å². The van der Waals surface area contributed by atoms with Crippen molar-refractivity contribution in [3.63, 3.8) is 0 Å². The van der Waals surface area contributed by atoms with Crippen LogP contribution in [0.5, 0.6) is 0 Å². The summed E-state index contributed by atoms with van der Waals surface area (Å²) in [6.45, 7) is 2.69. The second kappa shape index (κ2) is 4.08. The fourth-order valence-electron chi connectivity index (χ4n) is 1.26. The lowest BCUT2D eigenvalue weighted by Crippen LogP contribution is -2.53. The van der Waals surface area contributed by atoms with E-state index in [0.29, 0.717) is 32.1 Å². The van der Waals surface area contributed by atoms with E-state index in [4.69, 9.17) is 11.3 Å². The summed E-state index contributed by atoms with van der Waals surface area (Å²) in [7, 11) is 1.63. The maximum atomic E-state index is 10.4. The van der Waals surface area contributed by atoms with E-state index in [1.807, 2.05) is 4.90 Å². The van der Waals surface area contributed by atoms with Crippen molar-refractivity contribution >= 4 is 12.4 Å². The molecule has 74 valence electrons. The quantitative estimate of drug-likeness (QED) is 0.171. The SMILES string of the molecule is CN(N)C(=N)N1CCN(C=O)CC1. The summed E-state index contributed by atoms with van der Waals surface area (Å²) in [5.41, 5.74) is 0. The molecular weight excluding hydrogens is 170 g/mol. The second-order valence-corrected chi connectivity index (χ2v) is 3.06. The van der Waals surface area contributed by atoms with Crippen LogP contribution in [0.3, 0.4) is 0 Å². The number of hydrogen-bond acceptors (Lipinski definition) is 3. The van der Waals surface area contributed by atoms with Crippen molar-refractivity contribution in [1.29, 1.82) is 5.41 Å². The Labute approximate surface area is 77.4 Å². The first kappa shape index (κ1) is 9.79. The number of nitrogens with one attached hydrogen (secondary N) is 1. The molecule has 1 aliphatic rings. The fraction of sp³-hybridized carbons (Fsp3) is 0.714. The molecule has 6 heteroatoms. The van der Waals surface area contributed by atoms with Crippen LogP contribution in [0, 0.1) is 5.41 Å². The Morgan fingerprint density at radius 2 is 2.00 bits per heavy atom. The van der Waals surface area contributed by atoms with Gasteiger partial charge in [-0.3, -0.25) is 15.2 Å². The minimum atomic E-state index is 0.297. The summed E-state index contributed by atoms with van der Waals surface area (Å²) in [5.74, 6) is 5.71. The normalized spacial score (nSPS) is 17.1. The van der Waals surface area contributed by atoms with Crippen molar-refractivity contribution in [3.05, 3.63) is 0 Å². The lowest BCUT2D eigenvalue weighted by molar-refractivity contribution is -0.119. The standard InChI is InChI=1S/C7H15N5O/c1-10(9)7(8)12-4-2-11(6-13)3-5-12/h6,8H,2-5,9H2,1H3. The highest BCUT2D eigenvalue weighted by molar-refractivity contribution is 5.76. The van der Waals surface area contributed by atoms with Crippen LogP contribution in [-0.2, 0) is 4.79 Å². The predicted octanol–water partition coefficient (Wildman–Crippen LogP) is -1.50. The van der Waals surface area contributed by atoms with Gasteiger partial charge in [0, 0.05) is 33.2 Å². The number of hydrazine groups is 1. The number of amides is 1. The molecule has 1 amide bonds. The highest BCUT2D eigenvalue weighted by Gasteiger charge is 2.18. The van der Waals surface area contributed by atoms with Crippen molar-refractivity contribution in [2.75, 3.05) is 33.2 Å². The Kier molecular flexibility index (Phi) is 3.07. The molecule has 0 aliphatic carbocycles. The van der Waals surface area contributed by atoms with Crippen molar-refractivity contribution in [2.45, 2.75) is 0 Å². The Bertz CT molecular complexity index is 197. The Morgan fingerprint density at radius 1 is 1.46 bits per heavy atom. The van der Waals surface area contributed by atoms with Gasteiger partial charge in [0.15, 0.2) is 0 Å². The summed E-state index contributed by atoms with van der Waals surface area (Å²) < 4.78 is 0. The number of piperazine rings is 1. The van der Waals surface area contributed by atoms with Gasteiger partial charge in [0.05, 0.1) is 0 Å². The third-order valence-corrected chi connectivity index (χ3v) is 2.10. The summed E-state index contributed by atoms with van der Waals surface area (Å²) >= 11 is 0. The van der Waals surface area contributed by atoms with E-state index >= 15 is 0 Å². The van der Waals surface area contributed by atoms with Crippen molar-refractivity contribution in [2.24, 2.45) is 5.84 Å². The molecule has 0 radical (unpaired) electrons. The molecule has 1 saturated heterocycles. The predicted molar refractivity (Wildman–Crippen MR) is 48.9 cm³/mol. The third kappa shape index (κ3) is 2.32. The average molecular weight is 185 g/mol. The Balaban J connectivity index is 2.40. The van der Waals surface area contributed by atoms with E-state index in [1.54, 1.807) is 11.9 Å². The lowest BCUT2D eigenvalue weighted by Gasteiger charge is -2.35. The number of carbonyl (C=O) groups excluding carboxylic acids is 1. The summed E-state index contributed by atoms with van der Waals surface area (Å²) in [6.07, 6.45) is 0.840. The van der Waals surface area contributed by atoms with Crippen LogP contribution in [0.2, 0.25) is 0 Å². The molecule has 0 aromatic rings. The molecule has 0 aromatic carbocycles. The van der Waals surface area contributed by atoms with Gasteiger partial charge in [-0.05, 0) is 0 Å². The number of hydrogen-bond donors (Lipinski definition) is 2. The van der Waals surface area contributed by atoms with E-state index in [1.165, 1.54) is 5.01 Å². The first-order chi connectivity index (χ1) is 6.15. The Hall–Kier alpha value is -1.30. The molecule has 0 unspecified atom stereocenters. The van der Waals surface area contributed by atoms with Crippen LogP contribution >= 0.6 is 0 Å². The van der Waals surface area contributed by atoms with Gasteiger partial charge in [-0.2, -0.15) is 0 Å². The molecule has 1 heterocycles. The number of guanidine groups is 1. The number of nitrogens with zero attached hydrogens (tertiary/aromatic N) is 3. The third-order valence-electron chi connectivity index (χ3n) is 2.10. The van der Waals surface area contributed by atoms with E-state index < -0.39 is 0 Å². The molecule has 1 aliphatic heterocycles. The van der Waals surface area contributed by atoms with Gasteiger partial charge in [-0.15, -0.1) is 0 Å². The van der Waals surface area contributed by atoms with E-state index in [2.05, 4.69) is 0 Å². The smallest absolute Gasteiger partial charge is 0.209 e. The first-order valence-corrected chi connectivity index (χ1v) is 4.16. The molecule has 6 nitrogen and oxygen atoms in total. The molecule has 0 saturated carbocycles. The molecule has 0 aromatic heterocycles. The van der Waals surface area contributed by atoms with E-state index in [-0.39, 0.29) is 0 Å². The zero-order valence-electron chi connectivity index (χ0n) is 7.73. The Morgan fingerprint density at radius 3 is 2.38 bits per heavy atom. The molecule has 0 spiro atoms. The zero-order valence-corrected chi connectivity index (χ0v) is 7.73. The van der Waals surface area contributed by atoms with E-state index in [0.717, 1.165) is 6.41 Å². The van der Waals surface area contributed by atoms with Crippen LogP contribution in [-0.4, -0.2) is 60.4 Å². The highest BCUT2D eigenvalue weighted by Crippen LogP contribution is 2.00. The molecule has 1 rings (SSSR count). The van der Waals surface area contributed by atoms with Crippen molar-refractivity contribution < 1.29 is 4.79 Å². The minimum Gasteiger partial charge on any atom is -0.342 e. The zero-order chi connectivity index (χ0) is 9.84. The second-order valence-electron chi connectivity index (χ2n) is 3.06. The van der Waals surface area contributed by atoms with Crippen LogP contribution in [0.25, 0.3) is 0 Å². The van der Waals surface area contributed by atoms with Gasteiger partial charge in [0.1, 0.15) is 0 Å². The van der Waals surface area contributed by atoms with Gasteiger partial charge in [0.2, 0.25) is 12.4 Å². The average Bonchev–Trinajstić information content (AvgIpc) is 2.17. The van der Waals surface area contributed by atoms with Crippen molar-refractivity contribution in [3.8, 4) is 0 Å². The maximum absolute atomic E-state index is 10.4. The van der Waals surface area contributed by atoms with Gasteiger partial charge < -0.3 is 9.80 Å². The van der Waals surface area contributed by atoms with Crippen molar-refractivity contribution in [1.82, 2.24) is 14.8 Å². The van der Waals surface area contributed by atoms with Crippen LogP contribution in [0.4, 0.5) is 0 Å². The summed E-state index contributed by atoms with van der Waals surface area (Å²) in [6, 6.07) is 0. The lowest BCUT2D eigenvalue weighted by atomic mass is 10.3. The molecule has 13 heavy (non-hydrogen) atoms. The molecule has 3 N–H and O–H groups in total. The molecule has 0 atom stereocenters. The topological polar surface area (TPSA) is 76.7 Å². The molecule has 0 bridgehead atoms. The summed E-state index contributed by atoms with van der Waals surface area (Å²) in [4.78, 5) is 13.9. The van der Waals surface area contributed by atoms with Gasteiger partial charge in [-0.1, -0.05) is 0 Å². The fourth-order valence-corrected chi connectivity index (χ4v) is 1.26. The number of rotatable bonds is 1. The highest BCUT2D eigenvalue weighted by atomic mass is 16.1. The van der Waals surface area contributed by atoms with Gasteiger partial charge in [0.25, 0.3) is 0 Å². The first-order valence-electron chi connectivity index (χ1n) is 4.16. The number of carbonyl (C=O) groups is 1. The largest absolute Gasteiger partial charge is 0.342 e. The summed E-state index contributed by atoms with van der Waals surface area (Å²) in [5, 5.41) is 8.86. The maximum Gasteiger partial charge on any atom is 0.209 e. The number of nitrogens with two attached hydrogens (primary N) is 1. The minimum absolute atomic E-state index is 0.297. The van der Waals surface area contributed by atoms with E-state index in [9.17, 15) is 4.79 Å². The monoisotopic (exact) mass is 185 g/mol. The van der Waals surface area contributed by atoms with Gasteiger partial charge >= 0.3 is 0 Å².